The largest absolute Gasteiger partial charge is 0.486 e. The normalized spacial score (nSPS) is 19.1. The van der Waals surface area contributed by atoms with E-state index >= 15 is 0 Å². The highest BCUT2D eigenvalue weighted by atomic mass is 32.2. The third kappa shape index (κ3) is 4.35. The number of aromatic nitrogens is 2. The van der Waals surface area contributed by atoms with Crippen LogP contribution in [0.5, 0.6) is 11.5 Å². The van der Waals surface area contributed by atoms with Crippen LogP contribution in [0.1, 0.15) is 50.0 Å². The van der Waals surface area contributed by atoms with Gasteiger partial charge in [0.2, 0.25) is 21.7 Å². The molecule has 0 aliphatic carbocycles. The van der Waals surface area contributed by atoms with Gasteiger partial charge in [-0.3, -0.25) is 0 Å². The first-order valence-electron chi connectivity index (χ1n) is 11.3. The molecule has 0 radical (unpaired) electrons. The Bertz CT molecular complexity index is 1240. The minimum absolute atomic E-state index is 0.151. The van der Waals surface area contributed by atoms with Crippen LogP contribution in [0.2, 0.25) is 0 Å². The van der Waals surface area contributed by atoms with E-state index in [1.54, 1.807) is 18.2 Å². The van der Waals surface area contributed by atoms with E-state index in [0.29, 0.717) is 55.4 Å². The van der Waals surface area contributed by atoms with Gasteiger partial charge in [0.05, 0.1) is 10.8 Å². The minimum Gasteiger partial charge on any atom is -0.486 e. The van der Waals surface area contributed by atoms with Crippen LogP contribution >= 0.6 is 0 Å². The summed E-state index contributed by atoms with van der Waals surface area (Å²) in [7, 11) is -3.69. The molecule has 174 valence electrons. The van der Waals surface area contributed by atoms with Crippen molar-refractivity contribution in [2.45, 2.75) is 43.4 Å². The third-order valence-electron chi connectivity index (χ3n) is 6.16. The molecule has 2 aliphatic heterocycles. The molecule has 1 saturated heterocycles. The zero-order valence-corrected chi connectivity index (χ0v) is 19.5. The van der Waals surface area contributed by atoms with Crippen molar-refractivity contribution >= 4 is 10.0 Å². The maximum Gasteiger partial charge on any atom is 0.243 e. The lowest BCUT2D eigenvalue weighted by molar-refractivity contribution is 0.171. The van der Waals surface area contributed by atoms with Gasteiger partial charge in [-0.2, -0.15) is 9.29 Å². The van der Waals surface area contributed by atoms with E-state index < -0.39 is 10.0 Å². The van der Waals surface area contributed by atoms with E-state index in [-0.39, 0.29) is 10.8 Å². The Balaban J connectivity index is 1.34. The van der Waals surface area contributed by atoms with Gasteiger partial charge in [-0.15, -0.1) is 0 Å². The first-order valence-corrected chi connectivity index (χ1v) is 12.7. The zero-order chi connectivity index (χ0) is 23.0. The van der Waals surface area contributed by atoms with E-state index in [1.807, 2.05) is 12.1 Å². The lowest BCUT2D eigenvalue weighted by Gasteiger charge is -2.30. The Labute approximate surface area is 193 Å². The lowest BCUT2D eigenvalue weighted by atomic mass is 9.99. The highest BCUT2D eigenvalue weighted by Gasteiger charge is 2.34. The number of rotatable bonds is 5. The number of hydrogen-bond acceptors (Lipinski definition) is 7. The summed E-state index contributed by atoms with van der Waals surface area (Å²) < 4.78 is 44.8. The smallest absolute Gasteiger partial charge is 0.243 e. The second-order valence-corrected chi connectivity index (χ2v) is 10.7. The van der Waals surface area contributed by atoms with Gasteiger partial charge in [-0.25, -0.2) is 8.42 Å². The molecule has 1 unspecified atom stereocenters. The van der Waals surface area contributed by atoms with Gasteiger partial charge in [-0.05, 0) is 36.5 Å². The third-order valence-corrected chi connectivity index (χ3v) is 8.02. The van der Waals surface area contributed by atoms with Crippen molar-refractivity contribution in [2.24, 2.45) is 0 Å². The van der Waals surface area contributed by atoms with Crippen molar-refractivity contribution in [3.8, 4) is 22.9 Å². The number of piperidine rings is 1. The number of benzene rings is 2. The number of nitrogens with zero attached hydrogens (tertiary/aromatic N) is 3. The molecule has 0 saturated carbocycles. The Morgan fingerprint density at radius 3 is 2.55 bits per heavy atom. The first-order chi connectivity index (χ1) is 15.9. The van der Waals surface area contributed by atoms with Crippen molar-refractivity contribution in [3.05, 3.63) is 53.9 Å². The zero-order valence-electron chi connectivity index (χ0n) is 18.7. The summed E-state index contributed by atoms with van der Waals surface area (Å²) in [5.41, 5.74) is 2.13. The Kier molecular flexibility index (Phi) is 5.84. The van der Waals surface area contributed by atoms with Crippen LogP contribution in [0.25, 0.3) is 11.4 Å². The summed E-state index contributed by atoms with van der Waals surface area (Å²) in [6.45, 7) is 5.91. The highest BCUT2D eigenvalue weighted by Crippen LogP contribution is 2.35. The fourth-order valence-electron chi connectivity index (χ4n) is 4.23. The van der Waals surface area contributed by atoms with Crippen LogP contribution in [0.15, 0.2) is 51.9 Å². The molecule has 5 rings (SSSR count). The minimum atomic E-state index is -3.69. The summed E-state index contributed by atoms with van der Waals surface area (Å²) in [6, 6.07) is 12.9. The van der Waals surface area contributed by atoms with E-state index in [9.17, 15) is 8.42 Å². The van der Waals surface area contributed by atoms with Crippen molar-refractivity contribution in [1.82, 2.24) is 14.4 Å². The second kappa shape index (κ2) is 8.79. The molecule has 1 fully saturated rings. The summed E-state index contributed by atoms with van der Waals surface area (Å²) >= 11 is 0. The summed E-state index contributed by atoms with van der Waals surface area (Å²) in [5.74, 6) is 2.32. The summed E-state index contributed by atoms with van der Waals surface area (Å²) in [5, 5.41) is 4.15. The van der Waals surface area contributed by atoms with Gasteiger partial charge in [0.15, 0.2) is 11.5 Å². The molecular formula is C24H27N3O5S. The number of fused-ring (bicyclic) bond motifs is 1. The quantitative estimate of drug-likeness (QED) is 0.553. The summed E-state index contributed by atoms with van der Waals surface area (Å²) in [4.78, 5) is 4.79. The van der Waals surface area contributed by atoms with E-state index in [1.165, 1.54) is 9.87 Å². The number of ether oxygens (including phenoxy) is 2. The molecular weight excluding hydrogens is 442 g/mol. The van der Waals surface area contributed by atoms with Gasteiger partial charge in [0, 0.05) is 24.7 Å². The molecule has 33 heavy (non-hydrogen) atoms. The van der Waals surface area contributed by atoms with Crippen LogP contribution in [0, 0.1) is 0 Å². The summed E-state index contributed by atoms with van der Waals surface area (Å²) in [6.07, 6.45) is 1.51. The average Bonchev–Trinajstić information content (AvgIpc) is 3.34. The topological polar surface area (TPSA) is 94.8 Å². The predicted molar refractivity (Wildman–Crippen MR) is 122 cm³/mol. The number of sulfonamides is 1. The van der Waals surface area contributed by atoms with E-state index in [4.69, 9.17) is 14.0 Å². The first kappa shape index (κ1) is 21.9. The van der Waals surface area contributed by atoms with Crippen LogP contribution in [0.3, 0.4) is 0 Å². The van der Waals surface area contributed by atoms with Crippen LogP contribution < -0.4 is 9.47 Å². The molecule has 1 atom stereocenters. The van der Waals surface area contributed by atoms with Crippen molar-refractivity contribution in [2.75, 3.05) is 26.3 Å². The Hall–Kier alpha value is -2.91. The second-order valence-electron chi connectivity index (χ2n) is 8.74. The average molecular weight is 470 g/mol. The highest BCUT2D eigenvalue weighted by molar-refractivity contribution is 7.89. The Morgan fingerprint density at radius 2 is 1.79 bits per heavy atom. The van der Waals surface area contributed by atoms with Gasteiger partial charge >= 0.3 is 0 Å². The molecule has 0 bridgehead atoms. The maximum atomic E-state index is 13.3. The van der Waals surface area contributed by atoms with Crippen molar-refractivity contribution < 1.29 is 22.4 Å². The van der Waals surface area contributed by atoms with Gasteiger partial charge in [0.1, 0.15) is 13.2 Å². The van der Waals surface area contributed by atoms with Crippen molar-refractivity contribution in [3.63, 3.8) is 0 Å². The molecule has 3 aromatic rings. The number of hydrogen-bond donors (Lipinski definition) is 0. The SMILES string of the molecule is CC(C)c1ccc(-c2noc(C3CCCN(S(=O)(=O)c4ccc5c(c4)OCCO5)C3)n2)cc1. The lowest BCUT2D eigenvalue weighted by Crippen LogP contribution is -2.39. The molecule has 0 amide bonds. The van der Waals surface area contributed by atoms with Crippen LogP contribution in [0.4, 0.5) is 0 Å². The Morgan fingerprint density at radius 1 is 1.03 bits per heavy atom. The molecule has 9 heteroatoms. The standard InChI is InChI=1S/C24H27N3O5S/c1-16(2)17-5-7-18(8-6-17)23-25-24(32-26-23)19-4-3-11-27(15-19)33(28,29)20-9-10-21-22(14-20)31-13-12-30-21/h5-10,14,16,19H,3-4,11-13,15H2,1-2H3. The maximum absolute atomic E-state index is 13.3. The van der Waals surface area contributed by atoms with E-state index in [2.05, 4.69) is 36.1 Å². The molecule has 3 heterocycles. The predicted octanol–water partition coefficient (Wildman–Crippen LogP) is 4.20. The fourth-order valence-corrected chi connectivity index (χ4v) is 5.77. The molecule has 0 spiro atoms. The van der Waals surface area contributed by atoms with Gasteiger partial charge < -0.3 is 14.0 Å². The van der Waals surface area contributed by atoms with Crippen LogP contribution in [-0.2, 0) is 10.0 Å². The molecule has 0 N–H and O–H groups in total. The molecule has 1 aromatic heterocycles. The monoisotopic (exact) mass is 469 g/mol. The van der Waals surface area contributed by atoms with E-state index in [0.717, 1.165) is 18.4 Å². The molecule has 2 aromatic carbocycles. The van der Waals surface area contributed by atoms with Crippen LogP contribution in [-0.4, -0.2) is 49.2 Å². The van der Waals surface area contributed by atoms with Gasteiger partial charge in [-0.1, -0.05) is 43.3 Å². The molecule has 2 aliphatic rings. The van der Waals surface area contributed by atoms with Gasteiger partial charge in [0.25, 0.3) is 0 Å². The fraction of sp³-hybridized carbons (Fsp3) is 0.417. The molecule has 8 nitrogen and oxygen atoms in total. The van der Waals surface area contributed by atoms with Crippen molar-refractivity contribution in [1.29, 1.82) is 0 Å².